The zero-order valence-electron chi connectivity index (χ0n) is 14.3. The van der Waals surface area contributed by atoms with Crippen LogP contribution in [0.5, 0.6) is 0 Å². The van der Waals surface area contributed by atoms with E-state index in [1.807, 2.05) is 42.5 Å². The van der Waals surface area contributed by atoms with E-state index in [1.54, 1.807) is 0 Å². The number of rotatable bonds is 8. The van der Waals surface area contributed by atoms with Crippen LogP contribution >= 0.6 is 0 Å². The second kappa shape index (κ2) is 8.11. The second-order valence-electron chi connectivity index (χ2n) is 6.73. The predicted octanol–water partition coefficient (Wildman–Crippen LogP) is 2.28. The van der Waals surface area contributed by atoms with Crippen LogP contribution < -0.4 is 5.32 Å². The van der Waals surface area contributed by atoms with E-state index in [2.05, 4.69) is 27.0 Å². The number of likely N-dealkylation sites (N-methyl/N-ethyl adjacent to an activating group) is 1. The Kier molecular flexibility index (Phi) is 5.64. The molecular formula is C19H26N4O. The number of amides is 1. The van der Waals surface area contributed by atoms with Gasteiger partial charge in [0.2, 0.25) is 5.91 Å². The van der Waals surface area contributed by atoms with Crippen LogP contribution in [0.25, 0.3) is 0 Å². The molecule has 1 aliphatic rings. The molecule has 1 fully saturated rings. The predicted molar refractivity (Wildman–Crippen MR) is 94.5 cm³/mol. The number of benzene rings is 1. The molecule has 0 bridgehead atoms. The smallest absolute Gasteiger partial charge is 0.234 e. The van der Waals surface area contributed by atoms with E-state index in [0.29, 0.717) is 19.0 Å². The maximum Gasteiger partial charge on any atom is 0.234 e. The zero-order valence-corrected chi connectivity index (χ0v) is 14.3. The van der Waals surface area contributed by atoms with Crippen LogP contribution in [0.2, 0.25) is 0 Å². The summed E-state index contributed by atoms with van der Waals surface area (Å²) in [4.78, 5) is 18.5. The first-order valence-electron chi connectivity index (χ1n) is 8.70. The third-order valence-electron chi connectivity index (χ3n) is 4.63. The first kappa shape index (κ1) is 16.7. The third kappa shape index (κ3) is 4.68. The minimum atomic E-state index is 0.102. The minimum absolute atomic E-state index is 0.102. The van der Waals surface area contributed by atoms with E-state index in [1.165, 1.54) is 24.8 Å². The highest BCUT2D eigenvalue weighted by Gasteiger charge is 2.18. The van der Waals surface area contributed by atoms with Crippen LogP contribution in [-0.4, -0.2) is 40.5 Å². The van der Waals surface area contributed by atoms with E-state index in [4.69, 9.17) is 0 Å². The van der Waals surface area contributed by atoms with Crippen LogP contribution in [-0.2, 0) is 17.9 Å². The van der Waals surface area contributed by atoms with Crippen molar-refractivity contribution in [2.75, 3.05) is 20.1 Å². The van der Waals surface area contributed by atoms with Crippen molar-refractivity contribution in [3.63, 3.8) is 0 Å². The molecule has 0 unspecified atom stereocenters. The highest BCUT2D eigenvalue weighted by Crippen LogP contribution is 2.25. The molecular weight excluding hydrogens is 300 g/mol. The molecule has 0 atom stereocenters. The topological polar surface area (TPSA) is 50.2 Å². The van der Waals surface area contributed by atoms with Gasteiger partial charge in [-0.15, -0.1) is 0 Å². The molecule has 0 radical (unpaired) electrons. The first-order chi connectivity index (χ1) is 11.7. The Morgan fingerprint density at radius 3 is 2.83 bits per heavy atom. The lowest BCUT2D eigenvalue weighted by atomic mass is 9.85. The fourth-order valence-corrected chi connectivity index (χ4v) is 2.97. The summed E-state index contributed by atoms with van der Waals surface area (Å²) in [6.07, 6.45) is 7.64. The highest BCUT2D eigenvalue weighted by molar-refractivity contribution is 5.77. The number of carbonyl (C=O) groups excluding carboxylic acids is 1. The standard InChI is InChI=1S/C19H26N4O/c1-22(15-19(24)21-12-16-8-5-9-16)14-18-20-10-11-23(18)13-17-6-3-2-4-7-17/h2-4,6-7,10-11,16H,5,8-9,12-15H2,1H3,(H,21,24). The monoisotopic (exact) mass is 326 g/mol. The lowest BCUT2D eigenvalue weighted by Crippen LogP contribution is -2.38. The lowest BCUT2D eigenvalue weighted by Gasteiger charge is -2.26. The van der Waals surface area contributed by atoms with Crippen LogP contribution in [0.1, 0.15) is 30.7 Å². The Morgan fingerprint density at radius 1 is 1.33 bits per heavy atom. The van der Waals surface area contributed by atoms with E-state index in [9.17, 15) is 4.79 Å². The second-order valence-corrected chi connectivity index (χ2v) is 6.73. The van der Waals surface area contributed by atoms with Crippen molar-refractivity contribution < 1.29 is 4.79 Å². The Labute approximate surface area is 143 Å². The average molecular weight is 326 g/mol. The van der Waals surface area contributed by atoms with Gasteiger partial charge in [-0.25, -0.2) is 4.98 Å². The molecule has 1 amide bonds. The van der Waals surface area contributed by atoms with Gasteiger partial charge in [-0.05, 0) is 31.4 Å². The van der Waals surface area contributed by atoms with Crippen molar-refractivity contribution >= 4 is 5.91 Å². The molecule has 3 rings (SSSR count). The van der Waals surface area contributed by atoms with Crippen molar-refractivity contribution in [1.82, 2.24) is 19.8 Å². The molecule has 1 aromatic heterocycles. The Morgan fingerprint density at radius 2 is 2.12 bits per heavy atom. The number of imidazole rings is 1. The highest BCUT2D eigenvalue weighted by atomic mass is 16.2. The maximum atomic E-state index is 12.0. The normalized spacial score (nSPS) is 14.6. The van der Waals surface area contributed by atoms with E-state index in [-0.39, 0.29) is 5.91 Å². The Balaban J connectivity index is 1.48. The summed E-state index contributed by atoms with van der Waals surface area (Å²) in [5, 5.41) is 3.04. The molecule has 1 N–H and O–H groups in total. The van der Waals surface area contributed by atoms with Crippen molar-refractivity contribution in [2.24, 2.45) is 5.92 Å². The SMILES string of the molecule is CN(CC(=O)NCC1CCC1)Cc1nccn1Cc1ccccc1. The summed E-state index contributed by atoms with van der Waals surface area (Å²) in [5.41, 5.74) is 1.25. The number of aromatic nitrogens is 2. The molecule has 5 heteroatoms. The summed E-state index contributed by atoms with van der Waals surface area (Å²) in [7, 11) is 1.96. The Bertz CT molecular complexity index is 648. The van der Waals surface area contributed by atoms with Gasteiger partial charge < -0.3 is 9.88 Å². The molecule has 5 nitrogen and oxygen atoms in total. The fraction of sp³-hybridized carbons (Fsp3) is 0.474. The van der Waals surface area contributed by atoms with E-state index in [0.717, 1.165) is 18.9 Å². The van der Waals surface area contributed by atoms with Crippen molar-refractivity contribution in [3.05, 3.63) is 54.1 Å². The quantitative estimate of drug-likeness (QED) is 0.810. The molecule has 1 aliphatic carbocycles. The summed E-state index contributed by atoms with van der Waals surface area (Å²) < 4.78 is 2.14. The van der Waals surface area contributed by atoms with Gasteiger partial charge in [-0.2, -0.15) is 0 Å². The molecule has 128 valence electrons. The molecule has 2 aromatic rings. The van der Waals surface area contributed by atoms with Gasteiger partial charge >= 0.3 is 0 Å². The molecule has 1 saturated carbocycles. The van der Waals surface area contributed by atoms with Crippen LogP contribution in [0.15, 0.2) is 42.7 Å². The molecule has 0 spiro atoms. The van der Waals surface area contributed by atoms with Gasteiger partial charge in [-0.3, -0.25) is 9.69 Å². The lowest BCUT2D eigenvalue weighted by molar-refractivity contribution is -0.122. The Hall–Kier alpha value is -2.14. The zero-order chi connectivity index (χ0) is 16.8. The molecule has 1 aromatic carbocycles. The van der Waals surface area contributed by atoms with Crippen LogP contribution in [0.4, 0.5) is 0 Å². The van der Waals surface area contributed by atoms with E-state index >= 15 is 0 Å². The summed E-state index contributed by atoms with van der Waals surface area (Å²) >= 11 is 0. The van der Waals surface area contributed by atoms with Crippen molar-refractivity contribution in [3.8, 4) is 0 Å². The fourth-order valence-electron chi connectivity index (χ4n) is 2.97. The number of nitrogens with zero attached hydrogens (tertiary/aromatic N) is 3. The van der Waals surface area contributed by atoms with Gasteiger partial charge in [0, 0.05) is 25.5 Å². The number of nitrogens with one attached hydrogen (secondary N) is 1. The largest absolute Gasteiger partial charge is 0.355 e. The summed E-state index contributed by atoms with van der Waals surface area (Å²) in [6.45, 7) is 2.70. The number of hydrogen-bond donors (Lipinski definition) is 1. The van der Waals surface area contributed by atoms with Crippen LogP contribution in [0.3, 0.4) is 0 Å². The van der Waals surface area contributed by atoms with Gasteiger partial charge in [-0.1, -0.05) is 36.8 Å². The molecule has 0 aliphatic heterocycles. The van der Waals surface area contributed by atoms with Gasteiger partial charge in [0.15, 0.2) is 0 Å². The maximum absolute atomic E-state index is 12.0. The molecule has 0 saturated heterocycles. The average Bonchev–Trinajstić information content (AvgIpc) is 2.93. The van der Waals surface area contributed by atoms with Gasteiger partial charge in [0.1, 0.15) is 5.82 Å². The summed E-state index contributed by atoms with van der Waals surface area (Å²) in [5.74, 6) is 1.78. The third-order valence-corrected chi connectivity index (χ3v) is 4.63. The van der Waals surface area contributed by atoms with E-state index < -0.39 is 0 Å². The summed E-state index contributed by atoms with van der Waals surface area (Å²) in [6, 6.07) is 10.3. The number of hydrogen-bond acceptors (Lipinski definition) is 3. The van der Waals surface area contributed by atoms with Gasteiger partial charge in [0.05, 0.1) is 13.1 Å². The minimum Gasteiger partial charge on any atom is -0.355 e. The number of carbonyl (C=O) groups is 1. The first-order valence-corrected chi connectivity index (χ1v) is 8.70. The van der Waals surface area contributed by atoms with Crippen molar-refractivity contribution in [2.45, 2.75) is 32.4 Å². The molecule has 1 heterocycles. The van der Waals surface area contributed by atoms with Crippen LogP contribution in [0, 0.1) is 5.92 Å². The van der Waals surface area contributed by atoms with Gasteiger partial charge in [0.25, 0.3) is 0 Å². The van der Waals surface area contributed by atoms with Crippen molar-refractivity contribution in [1.29, 1.82) is 0 Å². The molecule has 24 heavy (non-hydrogen) atoms.